The average Bonchev–Trinajstić information content (AvgIpc) is 3.17. The van der Waals surface area contributed by atoms with E-state index >= 15 is 0 Å². The number of rotatable bonds is 4. The van der Waals surface area contributed by atoms with Gasteiger partial charge in [0, 0.05) is 4.88 Å². The molecule has 3 heterocycles. The molecule has 0 aliphatic carbocycles. The van der Waals surface area contributed by atoms with Gasteiger partial charge in [-0.3, -0.25) is 0 Å². The van der Waals surface area contributed by atoms with Gasteiger partial charge in [0.05, 0.1) is 16.8 Å². The highest BCUT2D eigenvalue weighted by atomic mass is 32.1. The molecule has 7 heteroatoms. The smallest absolute Gasteiger partial charge is 0.161 e. The minimum atomic E-state index is -0.247. The molecule has 4 aromatic rings. The van der Waals surface area contributed by atoms with Crippen molar-refractivity contribution in [3.63, 3.8) is 0 Å². The summed E-state index contributed by atoms with van der Waals surface area (Å²) < 4.78 is 25.9. The molecule has 0 amide bonds. The van der Waals surface area contributed by atoms with E-state index < -0.39 is 0 Å². The van der Waals surface area contributed by atoms with Gasteiger partial charge in [-0.2, -0.15) is 0 Å². The van der Waals surface area contributed by atoms with Gasteiger partial charge in [0.15, 0.2) is 11.5 Å². The van der Waals surface area contributed by atoms with Crippen molar-refractivity contribution < 1.29 is 13.9 Å². The first-order valence-electron chi connectivity index (χ1n) is 8.89. The van der Waals surface area contributed by atoms with Crippen LogP contribution < -0.4 is 14.8 Å². The van der Waals surface area contributed by atoms with Crippen molar-refractivity contribution in [3.05, 3.63) is 66.7 Å². The molecule has 0 bridgehead atoms. The van der Waals surface area contributed by atoms with E-state index in [0.717, 1.165) is 38.0 Å². The van der Waals surface area contributed by atoms with Gasteiger partial charge in [-0.25, -0.2) is 14.4 Å². The summed E-state index contributed by atoms with van der Waals surface area (Å²) >= 11 is 1.58. The maximum absolute atomic E-state index is 13.2. The number of para-hydroxylation sites is 2. The minimum Gasteiger partial charge on any atom is -0.486 e. The quantitative estimate of drug-likeness (QED) is 0.542. The summed E-state index contributed by atoms with van der Waals surface area (Å²) in [4.78, 5) is 9.77. The van der Waals surface area contributed by atoms with Gasteiger partial charge in [0.25, 0.3) is 0 Å². The van der Waals surface area contributed by atoms with Crippen LogP contribution in [0.4, 0.5) is 10.2 Å². The van der Waals surface area contributed by atoms with E-state index in [1.807, 2.05) is 30.3 Å². The number of nitrogens with one attached hydrogen (secondary N) is 1. The van der Waals surface area contributed by atoms with Crippen molar-refractivity contribution in [2.75, 3.05) is 18.5 Å². The monoisotopic (exact) mass is 393 g/mol. The Morgan fingerprint density at radius 3 is 2.75 bits per heavy atom. The zero-order chi connectivity index (χ0) is 18.9. The van der Waals surface area contributed by atoms with Gasteiger partial charge < -0.3 is 14.8 Å². The van der Waals surface area contributed by atoms with Gasteiger partial charge >= 0.3 is 0 Å². The largest absolute Gasteiger partial charge is 0.486 e. The van der Waals surface area contributed by atoms with Crippen LogP contribution in [0.15, 0.2) is 60.9 Å². The first-order chi connectivity index (χ1) is 13.8. The predicted octanol–water partition coefficient (Wildman–Crippen LogP) is 4.75. The van der Waals surface area contributed by atoms with Crippen LogP contribution in [-0.4, -0.2) is 29.2 Å². The van der Waals surface area contributed by atoms with Crippen LogP contribution in [-0.2, 0) is 0 Å². The minimum absolute atomic E-state index is 0.114. The molecule has 2 aromatic heterocycles. The number of fused-ring (bicyclic) bond motifs is 2. The van der Waals surface area contributed by atoms with Crippen molar-refractivity contribution in [2.24, 2.45) is 0 Å². The highest BCUT2D eigenvalue weighted by Crippen LogP contribution is 2.36. The maximum atomic E-state index is 13.2. The number of benzene rings is 2. The van der Waals surface area contributed by atoms with Crippen molar-refractivity contribution in [1.29, 1.82) is 0 Å². The fourth-order valence-corrected chi connectivity index (χ4v) is 4.19. The topological polar surface area (TPSA) is 56.3 Å². The maximum Gasteiger partial charge on any atom is 0.161 e. The van der Waals surface area contributed by atoms with Crippen molar-refractivity contribution in [3.8, 4) is 21.9 Å². The molecule has 0 saturated heterocycles. The number of ether oxygens (including phenoxy) is 2. The molecule has 5 rings (SSSR count). The molecule has 2 aromatic carbocycles. The van der Waals surface area contributed by atoms with Crippen LogP contribution in [0, 0.1) is 5.82 Å². The second-order valence-corrected chi connectivity index (χ2v) is 7.48. The summed E-state index contributed by atoms with van der Waals surface area (Å²) in [6.45, 7) is 1.04. The Kier molecular flexibility index (Phi) is 4.29. The number of anilines is 1. The van der Waals surface area contributed by atoms with E-state index in [-0.39, 0.29) is 11.9 Å². The highest BCUT2D eigenvalue weighted by molar-refractivity contribution is 7.22. The number of hydrogen-bond donors (Lipinski definition) is 1. The summed E-state index contributed by atoms with van der Waals surface area (Å²) in [5.41, 5.74) is 1.81. The lowest BCUT2D eigenvalue weighted by atomic mass is 10.2. The zero-order valence-electron chi connectivity index (χ0n) is 14.8. The predicted molar refractivity (Wildman–Crippen MR) is 108 cm³/mol. The molecule has 0 saturated carbocycles. The van der Waals surface area contributed by atoms with Crippen LogP contribution in [0.1, 0.15) is 0 Å². The number of hydrogen-bond acceptors (Lipinski definition) is 6. The fraction of sp³-hybridized carbons (Fsp3) is 0.143. The zero-order valence-corrected chi connectivity index (χ0v) is 15.6. The summed E-state index contributed by atoms with van der Waals surface area (Å²) in [6.07, 6.45) is 1.43. The lowest BCUT2D eigenvalue weighted by Gasteiger charge is -2.26. The molecule has 0 unspecified atom stereocenters. The number of thiophene rings is 1. The molecule has 1 aliphatic rings. The molecule has 28 heavy (non-hydrogen) atoms. The Morgan fingerprint density at radius 1 is 1.07 bits per heavy atom. The Labute approximate surface area is 164 Å². The Bertz CT molecular complexity index is 1130. The molecule has 5 nitrogen and oxygen atoms in total. The molecule has 1 atom stereocenters. The van der Waals surface area contributed by atoms with Crippen molar-refractivity contribution >= 4 is 27.4 Å². The molecule has 140 valence electrons. The second kappa shape index (κ2) is 7.09. The molecule has 1 N–H and O–H groups in total. The van der Waals surface area contributed by atoms with Crippen LogP contribution >= 0.6 is 11.3 Å². The van der Waals surface area contributed by atoms with E-state index in [9.17, 15) is 4.39 Å². The number of nitrogens with zero attached hydrogens (tertiary/aromatic N) is 2. The molecular weight excluding hydrogens is 377 g/mol. The van der Waals surface area contributed by atoms with Crippen LogP contribution in [0.3, 0.4) is 0 Å². The molecule has 0 fully saturated rings. The molecule has 0 radical (unpaired) electrons. The summed E-state index contributed by atoms with van der Waals surface area (Å²) in [6, 6.07) is 16.1. The third-order valence-corrected chi connectivity index (χ3v) is 5.68. The normalized spacial score (nSPS) is 15.5. The van der Waals surface area contributed by atoms with Gasteiger partial charge in [-0.05, 0) is 35.9 Å². The molecular formula is C21H16FN3O2S. The first kappa shape index (κ1) is 16.9. The van der Waals surface area contributed by atoms with Crippen LogP contribution in [0.5, 0.6) is 11.5 Å². The summed E-state index contributed by atoms with van der Waals surface area (Å²) in [5, 5.41) is 3.36. The Hall–Kier alpha value is -3.19. The lowest BCUT2D eigenvalue weighted by molar-refractivity contribution is 0.0997. The van der Waals surface area contributed by atoms with Gasteiger partial charge in [-0.1, -0.05) is 24.3 Å². The van der Waals surface area contributed by atoms with Gasteiger partial charge in [0.2, 0.25) is 0 Å². The average molecular weight is 393 g/mol. The third kappa shape index (κ3) is 3.25. The molecule has 0 spiro atoms. The van der Waals surface area contributed by atoms with E-state index in [4.69, 9.17) is 9.47 Å². The summed E-state index contributed by atoms with van der Waals surface area (Å²) in [7, 11) is 0. The van der Waals surface area contributed by atoms with E-state index in [0.29, 0.717) is 13.2 Å². The van der Waals surface area contributed by atoms with E-state index in [2.05, 4.69) is 15.3 Å². The standard InChI is InChI=1S/C21H16FN3O2S/c22-14-7-5-13(6-8-14)19-9-16-20(28-19)21(25-12-24-16)23-10-15-11-26-17-3-1-2-4-18(17)27-15/h1-9,12,15H,10-11H2,(H,23,24,25)/t15-/m1/s1. The highest BCUT2D eigenvalue weighted by Gasteiger charge is 2.21. The first-order valence-corrected chi connectivity index (χ1v) is 9.71. The SMILES string of the molecule is Fc1ccc(-c2cc3ncnc(NC[C@@H]4COc5ccccc5O4)c3s2)cc1. The second-order valence-electron chi connectivity index (χ2n) is 6.43. The number of aromatic nitrogens is 2. The van der Waals surface area contributed by atoms with E-state index in [1.165, 1.54) is 12.1 Å². The lowest BCUT2D eigenvalue weighted by Crippen LogP contribution is -2.35. The van der Waals surface area contributed by atoms with E-state index in [1.54, 1.807) is 29.8 Å². The van der Waals surface area contributed by atoms with Gasteiger partial charge in [0.1, 0.15) is 30.7 Å². The Balaban J connectivity index is 1.36. The third-order valence-electron chi connectivity index (χ3n) is 4.50. The van der Waals surface area contributed by atoms with Crippen molar-refractivity contribution in [1.82, 2.24) is 9.97 Å². The summed E-state index contributed by atoms with van der Waals surface area (Å²) in [5.74, 6) is 2.03. The Morgan fingerprint density at radius 2 is 1.89 bits per heavy atom. The van der Waals surface area contributed by atoms with Crippen molar-refractivity contribution in [2.45, 2.75) is 6.10 Å². The molecule has 1 aliphatic heterocycles. The van der Waals surface area contributed by atoms with Crippen LogP contribution in [0.25, 0.3) is 20.7 Å². The van der Waals surface area contributed by atoms with Crippen LogP contribution in [0.2, 0.25) is 0 Å². The fourth-order valence-electron chi connectivity index (χ4n) is 3.11. The number of halogens is 1. The van der Waals surface area contributed by atoms with Gasteiger partial charge in [-0.15, -0.1) is 11.3 Å².